The molecule has 0 atom stereocenters. The largest absolute Gasteiger partial charge is 0.543 e. The molecule has 0 radical (unpaired) electrons. The van der Waals surface area contributed by atoms with Crippen LogP contribution in [0.4, 0.5) is 0 Å². The van der Waals surface area contributed by atoms with Crippen molar-refractivity contribution in [1.82, 2.24) is 4.57 Å². The first kappa shape index (κ1) is 19.0. The summed E-state index contributed by atoms with van der Waals surface area (Å²) in [6, 6.07) is 10.9. The van der Waals surface area contributed by atoms with Gasteiger partial charge in [-0.15, -0.1) is 0 Å². The van der Waals surface area contributed by atoms with Gasteiger partial charge in [-0.25, -0.2) is 0 Å². The quantitative estimate of drug-likeness (QED) is 0.391. The molecular weight excluding hydrogens is 334 g/mol. The van der Waals surface area contributed by atoms with Gasteiger partial charge in [0.05, 0.1) is 5.69 Å². The van der Waals surface area contributed by atoms with Crippen LogP contribution in [0.1, 0.15) is 53.7 Å². The van der Waals surface area contributed by atoms with Crippen LogP contribution in [0.25, 0.3) is 16.5 Å². The van der Waals surface area contributed by atoms with E-state index in [0.29, 0.717) is 16.6 Å². The Balaban J connectivity index is 2.00. The first-order valence-corrected chi connectivity index (χ1v) is 12.1. The molecule has 0 saturated carbocycles. The van der Waals surface area contributed by atoms with E-state index in [2.05, 4.69) is 89.1 Å². The van der Waals surface area contributed by atoms with Gasteiger partial charge < -0.3 is 8.99 Å². The van der Waals surface area contributed by atoms with Crippen molar-refractivity contribution in [3.8, 4) is 0 Å². The van der Waals surface area contributed by atoms with Crippen molar-refractivity contribution < 1.29 is 4.43 Å². The maximum absolute atomic E-state index is 6.88. The average molecular weight is 368 g/mol. The Kier molecular flexibility index (Phi) is 5.20. The summed E-state index contributed by atoms with van der Waals surface area (Å²) in [6.45, 7) is 19.4. The first-order chi connectivity index (χ1) is 12.3. The minimum atomic E-state index is -1.98. The second kappa shape index (κ2) is 7.11. The number of allylic oxidation sites excluding steroid dienone is 2. The monoisotopic (exact) mass is 367 g/mol. The molecule has 0 spiro atoms. The molecule has 1 aliphatic rings. The third-order valence-electron chi connectivity index (χ3n) is 6.10. The van der Waals surface area contributed by atoms with Gasteiger partial charge in [-0.05, 0) is 35.2 Å². The normalized spacial score (nSPS) is 14.9. The molecule has 2 nitrogen and oxygen atoms in total. The lowest BCUT2D eigenvalue weighted by molar-refractivity contribution is 0.391. The molecule has 0 saturated heterocycles. The van der Waals surface area contributed by atoms with E-state index in [-0.39, 0.29) is 0 Å². The van der Waals surface area contributed by atoms with E-state index >= 15 is 0 Å². The fourth-order valence-corrected chi connectivity index (χ4v) is 10.2. The van der Waals surface area contributed by atoms with E-state index in [4.69, 9.17) is 4.43 Å². The zero-order valence-electron chi connectivity index (χ0n) is 17.2. The lowest BCUT2D eigenvalue weighted by atomic mass is 10.1. The minimum Gasteiger partial charge on any atom is -0.543 e. The molecule has 1 aromatic heterocycles. The molecule has 3 heteroatoms. The molecule has 0 N–H and O–H groups in total. The first-order valence-electron chi connectivity index (χ1n) is 9.96. The van der Waals surface area contributed by atoms with E-state index in [1.807, 2.05) is 0 Å². The number of aryl methyl sites for hydroxylation is 1. The van der Waals surface area contributed by atoms with Gasteiger partial charge in [-0.3, -0.25) is 0 Å². The molecule has 1 aliphatic heterocycles. The van der Waals surface area contributed by atoms with E-state index in [9.17, 15) is 0 Å². The Labute approximate surface area is 159 Å². The zero-order valence-corrected chi connectivity index (χ0v) is 18.2. The summed E-state index contributed by atoms with van der Waals surface area (Å²) in [5, 5.41) is 1.29. The third-order valence-corrected chi connectivity index (χ3v) is 12.1. The van der Waals surface area contributed by atoms with Crippen molar-refractivity contribution in [2.75, 3.05) is 0 Å². The Morgan fingerprint density at radius 1 is 1.04 bits per heavy atom. The standard InChI is InChI=1S/C23H33NOSi/c1-16(2)26(17(3)4,18(5)6)25-19(7)21-12-10-14-24-22-13-9-8-11-20(22)15-23(21)24/h8-9,11-13,15-18H,7,10,14H2,1-6H3. The molecule has 2 heterocycles. The molecule has 0 bridgehead atoms. The highest BCUT2D eigenvalue weighted by Gasteiger charge is 2.47. The lowest BCUT2D eigenvalue weighted by Crippen LogP contribution is -2.47. The van der Waals surface area contributed by atoms with Crippen molar-refractivity contribution in [1.29, 1.82) is 0 Å². The smallest absolute Gasteiger partial charge is 0.258 e. The summed E-state index contributed by atoms with van der Waals surface area (Å²) in [5.41, 5.74) is 5.40. The van der Waals surface area contributed by atoms with Gasteiger partial charge in [0.2, 0.25) is 0 Å². The van der Waals surface area contributed by atoms with Gasteiger partial charge >= 0.3 is 0 Å². The summed E-state index contributed by atoms with van der Waals surface area (Å²) in [7, 11) is -1.98. The SMILES string of the molecule is C=C(O[Si](C(C)C)(C(C)C)C(C)C)C1=CCCn2c1cc1ccccc12. The summed E-state index contributed by atoms with van der Waals surface area (Å²) in [6.07, 6.45) is 3.35. The molecule has 0 aliphatic carbocycles. The van der Waals surface area contributed by atoms with Gasteiger partial charge in [0, 0.05) is 23.0 Å². The molecule has 26 heavy (non-hydrogen) atoms. The fraction of sp³-hybridized carbons (Fsp3) is 0.478. The van der Waals surface area contributed by atoms with Crippen LogP contribution in [0.5, 0.6) is 0 Å². The highest BCUT2D eigenvalue weighted by Crippen LogP contribution is 2.45. The summed E-state index contributed by atoms with van der Waals surface area (Å²) < 4.78 is 9.30. The van der Waals surface area contributed by atoms with Crippen molar-refractivity contribution in [2.24, 2.45) is 0 Å². The summed E-state index contributed by atoms with van der Waals surface area (Å²) >= 11 is 0. The Morgan fingerprint density at radius 2 is 1.65 bits per heavy atom. The zero-order chi connectivity index (χ0) is 19.1. The van der Waals surface area contributed by atoms with Crippen molar-refractivity contribution in [3.63, 3.8) is 0 Å². The minimum absolute atomic E-state index is 0.550. The number of hydrogen-bond donors (Lipinski definition) is 0. The third kappa shape index (κ3) is 2.96. The maximum atomic E-state index is 6.88. The van der Waals surface area contributed by atoms with E-state index in [0.717, 1.165) is 18.7 Å². The van der Waals surface area contributed by atoms with Crippen LogP contribution >= 0.6 is 0 Å². The molecule has 0 unspecified atom stereocenters. The number of rotatable bonds is 6. The van der Waals surface area contributed by atoms with Crippen LogP contribution in [-0.4, -0.2) is 12.9 Å². The van der Waals surface area contributed by atoms with Crippen LogP contribution in [-0.2, 0) is 11.0 Å². The van der Waals surface area contributed by atoms with E-state index in [1.54, 1.807) is 0 Å². The number of fused-ring (bicyclic) bond motifs is 3. The molecule has 140 valence electrons. The van der Waals surface area contributed by atoms with Gasteiger partial charge in [-0.2, -0.15) is 0 Å². The van der Waals surface area contributed by atoms with Gasteiger partial charge in [0.25, 0.3) is 8.32 Å². The molecule has 3 rings (SSSR count). The highest BCUT2D eigenvalue weighted by atomic mass is 28.4. The van der Waals surface area contributed by atoms with Crippen LogP contribution in [0, 0.1) is 0 Å². The van der Waals surface area contributed by atoms with Gasteiger partial charge in [0.1, 0.15) is 5.76 Å². The Morgan fingerprint density at radius 3 is 2.27 bits per heavy atom. The van der Waals surface area contributed by atoms with Crippen molar-refractivity contribution >= 4 is 24.8 Å². The highest BCUT2D eigenvalue weighted by molar-refractivity contribution is 6.78. The lowest BCUT2D eigenvalue weighted by Gasteiger charge is -2.43. The van der Waals surface area contributed by atoms with Crippen LogP contribution in [0.3, 0.4) is 0 Å². The number of aromatic nitrogens is 1. The molecule has 2 aromatic rings. The second-order valence-electron chi connectivity index (χ2n) is 8.49. The summed E-state index contributed by atoms with van der Waals surface area (Å²) in [5.74, 6) is 0.872. The van der Waals surface area contributed by atoms with E-state index in [1.165, 1.54) is 22.2 Å². The molecule has 0 amide bonds. The molecular formula is C23H33NOSi. The number of para-hydroxylation sites is 1. The number of nitrogens with zero attached hydrogens (tertiary/aromatic N) is 1. The maximum Gasteiger partial charge on any atom is 0.258 e. The molecule has 0 fully saturated rings. The van der Waals surface area contributed by atoms with Gasteiger partial charge in [-0.1, -0.05) is 72.4 Å². The number of benzene rings is 1. The predicted octanol–water partition coefficient (Wildman–Crippen LogP) is 7.13. The topological polar surface area (TPSA) is 14.2 Å². The Hall–Kier alpha value is -1.74. The van der Waals surface area contributed by atoms with Crippen molar-refractivity contribution in [2.45, 2.75) is 71.1 Å². The number of hydrogen-bond acceptors (Lipinski definition) is 1. The molecule has 1 aromatic carbocycles. The van der Waals surface area contributed by atoms with Crippen LogP contribution in [0.15, 0.2) is 48.7 Å². The van der Waals surface area contributed by atoms with Crippen molar-refractivity contribution in [3.05, 3.63) is 54.4 Å². The second-order valence-corrected chi connectivity index (χ2v) is 13.9. The van der Waals surface area contributed by atoms with Crippen LogP contribution < -0.4 is 0 Å². The Bertz CT molecular complexity index is 819. The van der Waals surface area contributed by atoms with E-state index < -0.39 is 8.32 Å². The summed E-state index contributed by atoms with van der Waals surface area (Å²) in [4.78, 5) is 0. The average Bonchev–Trinajstić information content (AvgIpc) is 2.97. The van der Waals surface area contributed by atoms with Gasteiger partial charge in [0.15, 0.2) is 0 Å². The predicted molar refractivity (Wildman–Crippen MR) is 116 cm³/mol. The van der Waals surface area contributed by atoms with Crippen LogP contribution in [0.2, 0.25) is 16.6 Å². The fourth-order valence-electron chi connectivity index (χ4n) is 5.00.